The van der Waals surface area contributed by atoms with E-state index in [0.717, 1.165) is 24.0 Å². The van der Waals surface area contributed by atoms with E-state index in [1.807, 2.05) is 17.9 Å². The van der Waals surface area contributed by atoms with E-state index in [9.17, 15) is 4.79 Å². The summed E-state index contributed by atoms with van der Waals surface area (Å²) in [6, 6.07) is 5.38. The molecular formula is C19H27N5O3. The molecule has 1 aliphatic rings. The normalized spacial score (nSPS) is 15.5. The number of piperazine rings is 1. The number of guanidine groups is 1. The Kier molecular flexibility index (Phi) is 6.16. The highest BCUT2D eigenvalue weighted by molar-refractivity contribution is 5.91. The van der Waals surface area contributed by atoms with Crippen LogP contribution in [0.1, 0.15) is 48.7 Å². The molecular weight excluding hydrogens is 346 g/mol. The van der Waals surface area contributed by atoms with E-state index >= 15 is 0 Å². The molecule has 0 saturated carbocycles. The predicted molar refractivity (Wildman–Crippen MR) is 102 cm³/mol. The maximum Gasteiger partial charge on any atom is 0.289 e. The van der Waals surface area contributed by atoms with Gasteiger partial charge in [0.25, 0.3) is 5.91 Å². The highest BCUT2D eigenvalue weighted by atomic mass is 16.5. The molecule has 0 aliphatic carbocycles. The third-order valence-electron chi connectivity index (χ3n) is 4.49. The van der Waals surface area contributed by atoms with Crippen LogP contribution in [0.2, 0.25) is 0 Å². The molecule has 0 bridgehead atoms. The largest absolute Gasteiger partial charge is 0.459 e. The summed E-state index contributed by atoms with van der Waals surface area (Å²) < 4.78 is 10.6. The van der Waals surface area contributed by atoms with E-state index in [4.69, 9.17) is 8.94 Å². The van der Waals surface area contributed by atoms with E-state index in [-0.39, 0.29) is 5.91 Å². The van der Waals surface area contributed by atoms with Crippen molar-refractivity contribution in [3.63, 3.8) is 0 Å². The summed E-state index contributed by atoms with van der Waals surface area (Å²) in [5.41, 5.74) is 0.940. The number of carbonyl (C=O) groups is 1. The lowest BCUT2D eigenvalue weighted by Crippen LogP contribution is -2.53. The molecule has 0 unspecified atom stereocenters. The molecule has 0 spiro atoms. The van der Waals surface area contributed by atoms with Gasteiger partial charge in [-0.1, -0.05) is 19.0 Å². The SMILES string of the molecule is CCNC(=NCc1cc(C(C)C)no1)N1CCN(C(=O)c2ccco2)CC1. The number of amides is 1. The van der Waals surface area contributed by atoms with Crippen molar-refractivity contribution >= 4 is 11.9 Å². The number of rotatable bonds is 5. The molecule has 3 rings (SSSR count). The molecule has 8 heteroatoms. The van der Waals surface area contributed by atoms with E-state index in [0.29, 0.717) is 44.4 Å². The molecule has 8 nitrogen and oxygen atoms in total. The van der Waals surface area contributed by atoms with Crippen molar-refractivity contribution in [2.24, 2.45) is 4.99 Å². The van der Waals surface area contributed by atoms with Gasteiger partial charge >= 0.3 is 0 Å². The average Bonchev–Trinajstić information content (AvgIpc) is 3.36. The Morgan fingerprint density at radius 1 is 1.30 bits per heavy atom. The van der Waals surface area contributed by atoms with Crippen LogP contribution in [-0.4, -0.2) is 59.5 Å². The van der Waals surface area contributed by atoms with Crippen molar-refractivity contribution in [3.8, 4) is 0 Å². The standard InChI is InChI=1S/C19H27N5O3/c1-4-20-19(21-13-15-12-16(14(2)3)22-27-15)24-9-7-23(8-10-24)18(25)17-6-5-11-26-17/h5-6,11-12,14H,4,7-10,13H2,1-3H3,(H,20,21). The third-order valence-corrected chi connectivity index (χ3v) is 4.49. The highest BCUT2D eigenvalue weighted by Crippen LogP contribution is 2.15. The molecule has 0 aromatic carbocycles. The fraction of sp³-hybridized carbons (Fsp3) is 0.526. The summed E-state index contributed by atoms with van der Waals surface area (Å²) in [6.45, 7) is 10.1. The number of carbonyl (C=O) groups excluding carboxylic acids is 1. The molecule has 146 valence electrons. The van der Waals surface area contributed by atoms with Gasteiger partial charge in [-0.25, -0.2) is 4.99 Å². The molecule has 3 heterocycles. The number of aromatic nitrogens is 1. The van der Waals surface area contributed by atoms with Crippen LogP contribution in [0.5, 0.6) is 0 Å². The van der Waals surface area contributed by atoms with Crippen molar-refractivity contribution in [1.29, 1.82) is 0 Å². The Bertz CT molecular complexity index is 758. The molecule has 0 atom stereocenters. The van der Waals surface area contributed by atoms with E-state index in [1.165, 1.54) is 6.26 Å². The van der Waals surface area contributed by atoms with Crippen molar-refractivity contribution in [2.45, 2.75) is 33.2 Å². The smallest absolute Gasteiger partial charge is 0.289 e. The van der Waals surface area contributed by atoms with Crippen LogP contribution in [0.4, 0.5) is 0 Å². The molecule has 27 heavy (non-hydrogen) atoms. The molecule has 2 aromatic rings. The second-order valence-corrected chi connectivity index (χ2v) is 6.80. The molecule has 1 aliphatic heterocycles. The van der Waals surface area contributed by atoms with Crippen molar-refractivity contribution in [2.75, 3.05) is 32.7 Å². The van der Waals surface area contributed by atoms with Gasteiger partial charge < -0.3 is 24.1 Å². The van der Waals surface area contributed by atoms with Crippen molar-refractivity contribution in [3.05, 3.63) is 41.7 Å². The second kappa shape index (κ2) is 8.75. The first-order valence-electron chi connectivity index (χ1n) is 9.40. The average molecular weight is 373 g/mol. The van der Waals surface area contributed by atoms with E-state index in [1.54, 1.807) is 12.1 Å². The van der Waals surface area contributed by atoms with Crippen LogP contribution in [0.3, 0.4) is 0 Å². The molecule has 0 radical (unpaired) electrons. The van der Waals surface area contributed by atoms with Crippen LogP contribution in [-0.2, 0) is 6.54 Å². The Morgan fingerprint density at radius 2 is 2.04 bits per heavy atom. The lowest BCUT2D eigenvalue weighted by molar-refractivity contribution is 0.0657. The van der Waals surface area contributed by atoms with Gasteiger partial charge in [0.05, 0.1) is 12.0 Å². The quantitative estimate of drug-likeness (QED) is 0.639. The summed E-state index contributed by atoms with van der Waals surface area (Å²) in [5, 5.41) is 7.39. The monoisotopic (exact) mass is 373 g/mol. The van der Waals surface area contributed by atoms with Gasteiger partial charge in [0.2, 0.25) is 0 Å². The van der Waals surface area contributed by atoms with E-state index in [2.05, 4.69) is 34.2 Å². The maximum atomic E-state index is 12.4. The lowest BCUT2D eigenvalue weighted by atomic mass is 10.1. The predicted octanol–water partition coefficient (Wildman–Crippen LogP) is 2.31. The number of hydrogen-bond acceptors (Lipinski definition) is 5. The second-order valence-electron chi connectivity index (χ2n) is 6.80. The summed E-state index contributed by atoms with van der Waals surface area (Å²) >= 11 is 0. The first-order chi connectivity index (χ1) is 13.1. The molecule has 1 fully saturated rings. The van der Waals surface area contributed by atoms with Crippen LogP contribution in [0.15, 0.2) is 38.4 Å². The molecule has 2 aromatic heterocycles. The van der Waals surface area contributed by atoms with Gasteiger partial charge in [-0.05, 0) is 25.0 Å². The van der Waals surface area contributed by atoms with Gasteiger partial charge in [0.15, 0.2) is 17.5 Å². The minimum atomic E-state index is -0.0653. The van der Waals surface area contributed by atoms with E-state index < -0.39 is 0 Å². The number of furan rings is 1. The van der Waals surface area contributed by atoms with Gasteiger partial charge in [-0.2, -0.15) is 0 Å². The molecule has 1 saturated heterocycles. The van der Waals surface area contributed by atoms with Gasteiger partial charge in [0, 0.05) is 38.8 Å². The summed E-state index contributed by atoms with van der Waals surface area (Å²) in [7, 11) is 0. The van der Waals surface area contributed by atoms with Crippen molar-refractivity contribution in [1.82, 2.24) is 20.3 Å². The third kappa shape index (κ3) is 4.69. The molecule has 1 N–H and O–H groups in total. The Morgan fingerprint density at radius 3 is 2.63 bits per heavy atom. The molecule has 1 amide bonds. The van der Waals surface area contributed by atoms with Gasteiger partial charge in [-0.15, -0.1) is 0 Å². The number of aliphatic imine (C=N–C) groups is 1. The van der Waals surface area contributed by atoms with Crippen LogP contribution < -0.4 is 5.32 Å². The fourth-order valence-electron chi connectivity index (χ4n) is 2.93. The lowest BCUT2D eigenvalue weighted by Gasteiger charge is -2.36. The number of nitrogens with one attached hydrogen (secondary N) is 1. The minimum absolute atomic E-state index is 0.0653. The minimum Gasteiger partial charge on any atom is -0.459 e. The fourth-order valence-corrected chi connectivity index (χ4v) is 2.93. The zero-order valence-electron chi connectivity index (χ0n) is 16.1. The summed E-state index contributed by atoms with van der Waals surface area (Å²) in [4.78, 5) is 21.0. The van der Waals surface area contributed by atoms with Crippen molar-refractivity contribution < 1.29 is 13.7 Å². The Balaban J connectivity index is 1.59. The Labute approximate surface area is 159 Å². The summed E-state index contributed by atoms with van der Waals surface area (Å²) in [5.74, 6) is 2.23. The number of hydrogen-bond donors (Lipinski definition) is 1. The Hall–Kier alpha value is -2.77. The zero-order chi connectivity index (χ0) is 19.2. The number of nitrogens with zero attached hydrogens (tertiary/aromatic N) is 4. The zero-order valence-corrected chi connectivity index (χ0v) is 16.1. The highest BCUT2D eigenvalue weighted by Gasteiger charge is 2.25. The van der Waals surface area contributed by atoms with Crippen LogP contribution >= 0.6 is 0 Å². The van der Waals surface area contributed by atoms with Crippen LogP contribution in [0.25, 0.3) is 0 Å². The topological polar surface area (TPSA) is 87.1 Å². The van der Waals surface area contributed by atoms with Crippen LogP contribution in [0, 0.1) is 0 Å². The van der Waals surface area contributed by atoms with Gasteiger partial charge in [0.1, 0.15) is 6.54 Å². The summed E-state index contributed by atoms with van der Waals surface area (Å²) in [6.07, 6.45) is 1.52. The first kappa shape index (κ1) is 19.0. The first-order valence-corrected chi connectivity index (χ1v) is 9.40. The maximum absolute atomic E-state index is 12.4. The van der Waals surface area contributed by atoms with Gasteiger partial charge in [-0.3, -0.25) is 4.79 Å².